The summed E-state index contributed by atoms with van der Waals surface area (Å²) in [4.78, 5) is 0. The van der Waals surface area contributed by atoms with Crippen LogP contribution in [0.4, 0.5) is 8.78 Å². The van der Waals surface area contributed by atoms with E-state index in [1.165, 1.54) is 16.9 Å². The largest absolute Gasteiger partial charge is 0.505 e. The Balaban J connectivity index is 2.59. The molecule has 0 aliphatic rings. The molecular formula is C10H8F2N2O. The first-order valence-corrected chi connectivity index (χ1v) is 4.25. The quantitative estimate of drug-likeness (QED) is 0.782. The van der Waals surface area contributed by atoms with E-state index in [9.17, 15) is 8.78 Å². The Morgan fingerprint density at radius 2 is 2.00 bits per heavy atom. The van der Waals surface area contributed by atoms with Crippen LogP contribution in [0.2, 0.25) is 0 Å². The number of phenols is 1. The van der Waals surface area contributed by atoms with Crippen molar-refractivity contribution in [2.24, 2.45) is 7.05 Å². The second-order valence-corrected chi connectivity index (χ2v) is 3.16. The zero-order valence-corrected chi connectivity index (χ0v) is 7.91. The molecule has 0 saturated heterocycles. The van der Waals surface area contributed by atoms with Gasteiger partial charge in [-0.05, 0) is 12.1 Å². The van der Waals surface area contributed by atoms with Crippen LogP contribution in [0.25, 0.3) is 11.1 Å². The van der Waals surface area contributed by atoms with Crippen molar-refractivity contribution in [1.29, 1.82) is 0 Å². The number of halogens is 2. The lowest BCUT2D eigenvalue weighted by molar-refractivity contribution is 0.408. The van der Waals surface area contributed by atoms with E-state index in [4.69, 9.17) is 5.11 Å². The molecule has 2 rings (SSSR count). The summed E-state index contributed by atoms with van der Waals surface area (Å²) in [6.45, 7) is 0. The Morgan fingerprint density at radius 1 is 1.27 bits per heavy atom. The first-order chi connectivity index (χ1) is 7.09. The van der Waals surface area contributed by atoms with E-state index in [1.54, 1.807) is 13.2 Å². The molecule has 5 heteroatoms. The van der Waals surface area contributed by atoms with Crippen molar-refractivity contribution < 1.29 is 13.9 Å². The molecule has 1 N–H and O–H groups in total. The fourth-order valence-electron chi connectivity index (χ4n) is 1.32. The summed E-state index contributed by atoms with van der Waals surface area (Å²) in [5, 5.41) is 12.8. The number of aromatic hydroxyl groups is 1. The molecule has 0 aliphatic carbocycles. The highest BCUT2D eigenvalue weighted by Crippen LogP contribution is 2.28. The molecule has 0 bridgehead atoms. The Kier molecular flexibility index (Phi) is 2.15. The maximum absolute atomic E-state index is 13.4. The molecular weight excluding hydrogens is 202 g/mol. The van der Waals surface area contributed by atoms with Gasteiger partial charge in [-0.1, -0.05) is 0 Å². The van der Waals surface area contributed by atoms with Gasteiger partial charge in [0.2, 0.25) is 5.82 Å². The molecule has 1 aromatic carbocycles. The first kappa shape index (κ1) is 9.64. The van der Waals surface area contributed by atoms with Crippen molar-refractivity contribution in [3.05, 3.63) is 36.2 Å². The Morgan fingerprint density at radius 3 is 2.60 bits per heavy atom. The van der Waals surface area contributed by atoms with E-state index in [0.29, 0.717) is 5.56 Å². The molecule has 0 amide bonds. The van der Waals surface area contributed by atoms with Crippen LogP contribution >= 0.6 is 0 Å². The number of hydrogen-bond acceptors (Lipinski definition) is 2. The lowest BCUT2D eigenvalue weighted by Gasteiger charge is -2.02. The molecule has 1 heterocycles. The average Bonchev–Trinajstić information content (AvgIpc) is 2.61. The van der Waals surface area contributed by atoms with Crippen LogP contribution in [0.3, 0.4) is 0 Å². The molecule has 78 valence electrons. The van der Waals surface area contributed by atoms with Crippen molar-refractivity contribution in [2.45, 2.75) is 0 Å². The minimum atomic E-state index is -1.24. The highest BCUT2D eigenvalue weighted by molar-refractivity contribution is 5.63. The molecule has 0 atom stereocenters. The second-order valence-electron chi connectivity index (χ2n) is 3.16. The molecule has 15 heavy (non-hydrogen) atoms. The monoisotopic (exact) mass is 210 g/mol. The smallest absolute Gasteiger partial charge is 0.200 e. The van der Waals surface area contributed by atoms with Crippen molar-refractivity contribution in [2.75, 3.05) is 0 Å². The lowest BCUT2D eigenvalue weighted by atomic mass is 10.1. The van der Waals surface area contributed by atoms with Crippen LogP contribution in [0, 0.1) is 11.6 Å². The predicted molar refractivity (Wildman–Crippen MR) is 50.2 cm³/mol. The third-order valence-corrected chi connectivity index (χ3v) is 2.08. The van der Waals surface area contributed by atoms with Crippen LogP contribution in [-0.2, 0) is 7.05 Å². The summed E-state index contributed by atoms with van der Waals surface area (Å²) >= 11 is 0. The van der Waals surface area contributed by atoms with Crippen molar-refractivity contribution in [3.8, 4) is 16.9 Å². The summed E-state index contributed by atoms with van der Waals surface area (Å²) in [6.07, 6.45) is 2.99. The number of nitrogens with zero attached hydrogens (tertiary/aromatic N) is 2. The van der Waals surface area contributed by atoms with Gasteiger partial charge in [0.1, 0.15) is 0 Å². The third kappa shape index (κ3) is 1.56. The molecule has 0 radical (unpaired) electrons. The fraction of sp³-hybridized carbons (Fsp3) is 0.100. The Bertz CT molecular complexity index is 508. The van der Waals surface area contributed by atoms with Crippen LogP contribution < -0.4 is 0 Å². The Labute approximate surface area is 84.6 Å². The standard InChI is InChI=1S/C10H8F2N2O/c1-14-5-6(4-13-14)7-2-3-8(15)10(12)9(7)11/h2-5,15H,1H3. The van der Waals surface area contributed by atoms with Gasteiger partial charge in [-0.25, -0.2) is 4.39 Å². The third-order valence-electron chi connectivity index (χ3n) is 2.08. The van der Waals surface area contributed by atoms with Gasteiger partial charge in [0, 0.05) is 24.4 Å². The molecule has 2 aromatic rings. The number of aryl methyl sites for hydroxylation is 1. The average molecular weight is 210 g/mol. The molecule has 3 nitrogen and oxygen atoms in total. The van der Waals surface area contributed by atoms with E-state index in [2.05, 4.69) is 5.10 Å². The van der Waals surface area contributed by atoms with Crippen molar-refractivity contribution in [3.63, 3.8) is 0 Å². The highest BCUT2D eigenvalue weighted by Gasteiger charge is 2.14. The van der Waals surface area contributed by atoms with Gasteiger partial charge in [-0.2, -0.15) is 9.49 Å². The zero-order valence-electron chi connectivity index (χ0n) is 7.91. The van der Waals surface area contributed by atoms with Gasteiger partial charge in [-0.15, -0.1) is 0 Å². The molecule has 0 fully saturated rings. The minimum absolute atomic E-state index is 0.0819. The number of rotatable bonds is 1. The van der Waals surface area contributed by atoms with E-state index >= 15 is 0 Å². The van der Waals surface area contributed by atoms with Crippen molar-refractivity contribution >= 4 is 0 Å². The van der Waals surface area contributed by atoms with Crippen LogP contribution in [0.5, 0.6) is 5.75 Å². The van der Waals surface area contributed by atoms with Gasteiger partial charge in [0.25, 0.3) is 0 Å². The fourth-order valence-corrected chi connectivity index (χ4v) is 1.32. The lowest BCUT2D eigenvalue weighted by Crippen LogP contribution is -1.89. The Hall–Kier alpha value is -1.91. The molecule has 0 spiro atoms. The van der Waals surface area contributed by atoms with Crippen LogP contribution in [-0.4, -0.2) is 14.9 Å². The maximum atomic E-state index is 13.4. The minimum Gasteiger partial charge on any atom is -0.505 e. The summed E-state index contributed by atoms with van der Waals surface area (Å²) in [5.41, 5.74) is 0.548. The number of benzene rings is 1. The molecule has 0 unspecified atom stereocenters. The molecule has 0 aliphatic heterocycles. The number of aromatic nitrogens is 2. The number of phenolic OH excluding ortho intramolecular Hbond substituents is 1. The normalized spacial score (nSPS) is 10.6. The van der Waals surface area contributed by atoms with Gasteiger partial charge in [-0.3, -0.25) is 4.68 Å². The van der Waals surface area contributed by atoms with Gasteiger partial charge < -0.3 is 5.11 Å². The molecule has 0 saturated carbocycles. The van der Waals surface area contributed by atoms with Crippen LogP contribution in [0.1, 0.15) is 0 Å². The van der Waals surface area contributed by atoms with E-state index in [1.807, 2.05) is 0 Å². The molecule has 1 aromatic heterocycles. The summed E-state index contributed by atoms with van der Waals surface area (Å²) in [6, 6.07) is 2.42. The van der Waals surface area contributed by atoms with E-state index in [0.717, 1.165) is 6.07 Å². The first-order valence-electron chi connectivity index (χ1n) is 4.25. The van der Waals surface area contributed by atoms with Gasteiger partial charge in [0.15, 0.2) is 11.6 Å². The van der Waals surface area contributed by atoms with E-state index in [-0.39, 0.29) is 5.56 Å². The highest BCUT2D eigenvalue weighted by atomic mass is 19.2. The van der Waals surface area contributed by atoms with Gasteiger partial charge >= 0.3 is 0 Å². The summed E-state index contributed by atoms with van der Waals surface area (Å²) in [7, 11) is 1.68. The van der Waals surface area contributed by atoms with Gasteiger partial charge in [0.05, 0.1) is 6.20 Å². The predicted octanol–water partition coefficient (Wildman–Crippen LogP) is 2.07. The summed E-state index contributed by atoms with van der Waals surface area (Å²) < 4.78 is 27.9. The van der Waals surface area contributed by atoms with Crippen LogP contribution in [0.15, 0.2) is 24.5 Å². The second kappa shape index (κ2) is 3.34. The maximum Gasteiger partial charge on any atom is 0.200 e. The topological polar surface area (TPSA) is 38.0 Å². The van der Waals surface area contributed by atoms with E-state index < -0.39 is 17.4 Å². The summed E-state index contributed by atoms with van der Waals surface area (Å²) in [5.74, 6) is -3.00. The van der Waals surface area contributed by atoms with Crippen molar-refractivity contribution in [1.82, 2.24) is 9.78 Å². The SMILES string of the molecule is Cn1cc(-c2ccc(O)c(F)c2F)cn1. The zero-order chi connectivity index (χ0) is 11.0. The number of hydrogen-bond donors (Lipinski definition) is 1.